The predicted molar refractivity (Wildman–Crippen MR) is 122 cm³/mol. The lowest BCUT2D eigenvalue weighted by Gasteiger charge is -2.25. The first-order chi connectivity index (χ1) is 16.4. The molecule has 0 spiro atoms. The number of hydrogen-bond donors (Lipinski definition) is 1. The molecule has 1 fully saturated rings. The summed E-state index contributed by atoms with van der Waals surface area (Å²) in [6.45, 7) is 2.75. The lowest BCUT2D eigenvalue weighted by molar-refractivity contribution is -0.140. The summed E-state index contributed by atoms with van der Waals surface area (Å²) in [5.41, 5.74) is 1.37. The second-order valence-corrected chi connectivity index (χ2v) is 8.62. The smallest absolute Gasteiger partial charge is 0.295 e. The van der Waals surface area contributed by atoms with E-state index in [9.17, 15) is 19.1 Å². The molecule has 1 amide bonds. The molecule has 2 aliphatic heterocycles. The van der Waals surface area contributed by atoms with E-state index in [4.69, 9.17) is 4.74 Å². The summed E-state index contributed by atoms with van der Waals surface area (Å²) in [4.78, 5) is 31.5. The number of carbonyl (C=O) groups is 2. The molecule has 0 saturated carbocycles. The number of aromatic nitrogens is 2. The van der Waals surface area contributed by atoms with Crippen molar-refractivity contribution in [2.45, 2.75) is 38.5 Å². The molecule has 2 aromatic carbocycles. The zero-order chi connectivity index (χ0) is 23.8. The van der Waals surface area contributed by atoms with Crippen LogP contribution in [0.5, 0.6) is 5.75 Å². The average molecular weight is 461 g/mol. The number of Topliss-reactive ketones (excluding diaryl/α,β-unsaturated/α-hetero) is 1. The van der Waals surface area contributed by atoms with Gasteiger partial charge in [-0.05, 0) is 43.2 Å². The number of aliphatic hydroxyl groups is 1. The fourth-order valence-electron chi connectivity index (χ4n) is 4.70. The van der Waals surface area contributed by atoms with Gasteiger partial charge in [0.1, 0.15) is 23.4 Å². The van der Waals surface area contributed by atoms with Crippen molar-refractivity contribution in [2.75, 3.05) is 6.54 Å². The van der Waals surface area contributed by atoms with Crippen LogP contribution < -0.4 is 4.74 Å². The Kier molecular flexibility index (Phi) is 5.65. The third-order valence-corrected chi connectivity index (χ3v) is 6.28. The summed E-state index contributed by atoms with van der Waals surface area (Å²) >= 11 is 0. The van der Waals surface area contributed by atoms with E-state index >= 15 is 0 Å². The summed E-state index contributed by atoms with van der Waals surface area (Å²) in [6.07, 6.45) is 6.36. The molecule has 1 aromatic heterocycles. The highest BCUT2D eigenvalue weighted by Crippen LogP contribution is 2.41. The average Bonchev–Trinajstić information content (AvgIpc) is 3.53. The summed E-state index contributed by atoms with van der Waals surface area (Å²) in [6, 6.07) is 10.2. The van der Waals surface area contributed by atoms with Crippen LogP contribution in [0.25, 0.3) is 5.76 Å². The molecule has 5 rings (SSSR count). The number of hydrogen-bond acceptors (Lipinski definition) is 5. The first-order valence-electron chi connectivity index (χ1n) is 11.2. The fraction of sp³-hybridized carbons (Fsp3) is 0.269. The molecule has 0 radical (unpaired) electrons. The maximum absolute atomic E-state index is 14.9. The molecule has 2 atom stereocenters. The predicted octanol–water partition coefficient (Wildman–Crippen LogP) is 3.86. The molecule has 174 valence electrons. The van der Waals surface area contributed by atoms with E-state index in [-0.39, 0.29) is 29.5 Å². The van der Waals surface area contributed by atoms with E-state index in [1.165, 1.54) is 11.0 Å². The molecule has 7 nitrogen and oxygen atoms in total. The highest BCUT2D eigenvalue weighted by atomic mass is 19.1. The van der Waals surface area contributed by atoms with E-state index in [2.05, 4.69) is 4.98 Å². The zero-order valence-corrected chi connectivity index (χ0v) is 18.6. The maximum Gasteiger partial charge on any atom is 0.295 e. The third kappa shape index (κ3) is 3.85. The first kappa shape index (κ1) is 21.9. The molecule has 34 heavy (non-hydrogen) atoms. The van der Waals surface area contributed by atoms with Crippen molar-refractivity contribution < 1.29 is 23.8 Å². The van der Waals surface area contributed by atoms with Crippen LogP contribution in [0.1, 0.15) is 36.1 Å². The molecule has 3 heterocycles. The van der Waals surface area contributed by atoms with Crippen molar-refractivity contribution in [3.05, 3.63) is 89.3 Å². The van der Waals surface area contributed by atoms with Crippen molar-refractivity contribution >= 4 is 17.4 Å². The highest BCUT2D eigenvalue weighted by molar-refractivity contribution is 6.46. The first-order valence-corrected chi connectivity index (χ1v) is 11.2. The molecule has 0 bridgehead atoms. The number of ketones is 1. The van der Waals surface area contributed by atoms with Gasteiger partial charge in [0.2, 0.25) is 0 Å². The number of nitrogens with zero attached hydrogens (tertiary/aromatic N) is 3. The van der Waals surface area contributed by atoms with Crippen LogP contribution in [-0.2, 0) is 22.6 Å². The molecule has 2 aliphatic rings. The number of halogens is 1. The summed E-state index contributed by atoms with van der Waals surface area (Å²) in [7, 11) is 0. The monoisotopic (exact) mass is 461 g/mol. The van der Waals surface area contributed by atoms with Gasteiger partial charge < -0.3 is 19.3 Å². The number of rotatable bonds is 6. The van der Waals surface area contributed by atoms with Gasteiger partial charge in [0.25, 0.3) is 11.7 Å². The van der Waals surface area contributed by atoms with Crippen LogP contribution in [0.4, 0.5) is 4.39 Å². The highest BCUT2D eigenvalue weighted by Gasteiger charge is 2.46. The molecular formula is C26H24FN3O4. The summed E-state index contributed by atoms with van der Waals surface area (Å²) < 4.78 is 22.5. The van der Waals surface area contributed by atoms with Gasteiger partial charge in [0.05, 0.1) is 17.9 Å². The van der Waals surface area contributed by atoms with Crippen LogP contribution in [-0.4, -0.2) is 43.9 Å². The van der Waals surface area contributed by atoms with E-state index in [0.29, 0.717) is 24.9 Å². The number of aliphatic hydroxyl groups excluding tert-OH is 1. The van der Waals surface area contributed by atoms with Crippen molar-refractivity contribution in [3.8, 4) is 5.75 Å². The van der Waals surface area contributed by atoms with Crippen LogP contribution >= 0.6 is 0 Å². The van der Waals surface area contributed by atoms with Gasteiger partial charge in [-0.2, -0.15) is 0 Å². The van der Waals surface area contributed by atoms with Gasteiger partial charge >= 0.3 is 0 Å². The van der Waals surface area contributed by atoms with Crippen LogP contribution in [0.2, 0.25) is 0 Å². The number of likely N-dealkylation sites (tertiary alicyclic amines) is 1. The molecule has 0 unspecified atom stereocenters. The Morgan fingerprint density at radius 2 is 2.03 bits per heavy atom. The Morgan fingerprint density at radius 3 is 2.79 bits per heavy atom. The lowest BCUT2D eigenvalue weighted by atomic mass is 9.94. The molecule has 1 N–H and O–H groups in total. The van der Waals surface area contributed by atoms with Crippen LogP contribution in [0.15, 0.2) is 66.8 Å². The minimum Gasteiger partial charge on any atom is -0.507 e. The molecule has 8 heteroatoms. The number of aryl methyl sites for hydroxylation is 1. The van der Waals surface area contributed by atoms with Gasteiger partial charge in [-0.15, -0.1) is 0 Å². The minimum atomic E-state index is -1.02. The Morgan fingerprint density at radius 1 is 1.21 bits per heavy atom. The Bertz CT molecular complexity index is 1280. The summed E-state index contributed by atoms with van der Waals surface area (Å²) in [5, 5.41) is 11.2. The molecule has 1 saturated heterocycles. The van der Waals surface area contributed by atoms with Crippen molar-refractivity contribution in [1.82, 2.24) is 14.5 Å². The van der Waals surface area contributed by atoms with Crippen molar-refractivity contribution in [2.24, 2.45) is 0 Å². The van der Waals surface area contributed by atoms with Crippen molar-refractivity contribution in [1.29, 1.82) is 0 Å². The van der Waals surface area contributed by atoms with Crippen molar-refractivity contribution in [3.63, 3.8) is 0 Å². The topological polar surface area (TPSA) is 84.7 Å². The summed E-state index contributed by atoms with van der Waals surface area (Å²) in [5.74, 6) is -1.70. The third-order valence-electron chi connectivity index (χ3n) is 6.28. The number of ether oxygens (including phenoxy) is 1. The second-order valence-electron chi connectivity index (χ2n) is 8.62. The number of benzene rings is 2. The minimum absolute atomic E-state index is 0.0203. The van der Waals surface area contributed by atoms with E-state index in [0.717, 1.165) is 11.3 Å². The number of imidazole rings is 1. The van der Waals surface area contributed by atoms with Gasteiger partial charge in [0.15, 0.2) is 0 Å². The van der Waals surface area contributed by atoms with E-state index < -0.39 is 23.5 Å². The largest absolute Gasteiger partial charge is 0.507 e. The van der Waals surface area contributed by atoms with E-state index in [1.54, 1.807) is 55.1 Å². The van der Waals surface area contributed by atoms with E-state index in [1.807, 2.05) is 11.5 Å². The van der Waals surface area contributed by atoms with Gasteiger partial charge in [-0.1, -0.05) is 18.2 Å². The number of amides is 1. The molecule has 3 aromatic rings. The Labute approximate surface area is 196 Å². The van der Waals surface area contributed by atoms with Gasteiger partial charge in [0, 0.05) is 43.0 Å². The number of fused-ring (bicyclic) bond motifs is 1. The second kappa shape index (κ2) is 8.78. The lowest BCUT2D eigenvalue weighted by Crippen LogP contribution is -2.31. The maximum atomic E-state index is 14.9. The van der Waals surface area contributed by atoms with Gasteiger partial charge in [-0.25, -0.2) is 9.37 Å². The standard InChI is InChI=1S/C26H24FN3O4/c1-16-13-18-14-17(7-8-21(18)34-16)24(31)22-23(19-5-2-3-6-20(19)27)30(26(33)25(22)32)11-4-10-29-12-9-28-15-29/h2-3,5-9,12,14-16,23,31H,4,10-11,13H2,1H3/t16-,23+/m0/s1. The normalized spacial score (nSPS) is 21.1. The SMILES string of the molecule is C[C@H]1Cc2cc(C(O)=C3C(=O)C(=O)N(CCCn4ccnc4)[C@@H]3c3ccccc3F)ccc2O1. The molecular weight excluding hydrogens is 437 g/mol. The zero-order valence-electron chi connectivity index (χ0n) is 18.6. The van der Waals surface area contributed by atoms with Gasteiger partial charge in [-0.3, -0.25) is 9.59 Å². The van der Waals surface area contributed by atoms with Crippen LogP contribution in [0.3, 0.4) is 0 Å². The molecule has 0 aliphatic carbocycles. The fourth-order valence-corrected chi connectivity index (χ4v) is 4.70. The Hall–Kier alpha value is -3.94. The Balaban J connectivity index is 1.54. The van der Waals surface area contributed by atoms with Crippen LogP contribution in [0, 0.1) is 5.82 Å². The quantitative estimate of drug-likeness (QED) is 0.342. The number of carbonyl (C=O) groups excluding carboxylic acids is 2.